The number of hydrogen-bond acceptors (Lipinski definition) is 2. The summed E-state index contributed by atoms with van der Waals surface area (Å²) >= 11 is 0. The molecular weight excluding hydrogens is 286 g/mol. The summed E-state index contributed by atoms with van der Waals surface area (Å²) in [6.07, 6.45) is 3.41. The summed E-state index contributed by atoms with van der Waals surface area (Å²) in [5.41, 5.74) is 2.30. The number of aryl methyl sites for hydroxylation is 3. The van der Waals surface area contributed by atoms with Crippen LogP contribution in [0.1, 0.15) is 58.3 Å². The van der Waals surface area contributed by atoms with Crippen molar-refractivity contribution in [2.75, 3.05) is 13.1 Å². The Morgan fingerprint density at radius 1 is 1.26 bits per heavy atom. The maximum Gasteiger partial charge on any atom is 0.191 e. The molecule has 0 aliphatic rings. The Labute approximate surface area is 142 Å². The molecule has 132 valence electrons. The number of hydrogen-bond donors (Lipinski definition) is 2. The molecule has 5 nitrogen and oxygen atoms in total. The molecule has 0 fully saturated rings. The summed E-state index contributed by atoms with van der Waals surface area (Å²) < 4.78 is 2.07. The van der Waals surface area contributed by atoms with E-state index in [1.165, 1.54) is 18.5 Å². The lowest BCUT2D eigenvalue weighted by molar-refractivity contribution is 0.488. The van der Waals surface area contributed by atoms with Crippen LogP contribution in [-0.2, 0) is 6.54 Å². The highest BCUT2D eigenvalue weighted by Gasteiger charge is 2.06. The number of aromatic nitrogens is 2. The fraction of sp³-hybridized carbons (Fsp3) is 0.778. The van der Waals surface area contributed by atoms with Gasteiger partial charge in [-0.15, -0.1) is 0 Å². The second kappa shape index (κ2) is 10.3. The van der Waals surface area contributed by atoms with Crippen molar-refractivity contribution >= 4 is 5.96 Å². The van der Waals surface area contributed by atoms with Crippen molar-refractivity contribution in [3.8, 4) is 0 Å². The zero-order chi connectivity index (χ0) is 17.2. The monoisotopic (exact) mass is 321 g/mol. The Morgan fingerprint density at radius 3 is 2.57 bits per heavy atom. The Bertz CT molecular complexity index is 476. The van der Waals surface area contributed by atoms with Crippen LogP contribution in [0.3, 0.4) is 0 Å². The molecule has 1 atom stereocenters. The smallest absolute Gasteiger partial charge is 0.191 e. The third-order valence-corrected chi connectivity index (χ3v) is 3.81. The van der Waals surface area contributed by atoms with E-state index in [9.17, 15) is 0 Å². The van der Waals surface area contributed by atoms with Crippen LogP contribution in [0.15, 0.2) is 11.1 Å². The zero-order valence-electron chi connectivity index (χ0n) is 15.8. The van der Waals surface area contributed by atoms with E-state index in [-0.39, 0.29) is 0 Å². The quantitative estimate of drug-likeness (QED) is 0.417. The van der Waals surface area contributed by atoms with Gasteiger partial charge in [0, 0.05) is 31.4 Å². The minimum absolute atomic E-state index is 0.450. The third kappa shape index (κ3) is 8.05. The molecule has 2 N–H and O–H groups in total. The molecule has 23 heavy (non-hydrogen) atoms. The molecule has 1 rings (SSSR count). The van der Waals surface area contributed by atoms with E-state index in [0.29, 0.717) is 6.04 Å². The number of rotatable bonds is 9. The van der Waals surface area contributed by atoms with Crippen molar-refractivity contribution in [2.45, 2.75) is 73.4 Å². The molecule has 0 spiro atoms. The average Bonchev–Trinajstić information content (AvgIpc) is 2.79. The minimum Gasteiger partial charge on any atom is -0.357 e. The molecule has 0 saturated carbocycles. The van der Waals surface area contributed by atoms with Crippen molar-refractivity contribution in [3.63, 3.8) is 0 Å². The van der Waals surface area contributed by atoms with E-state index in [0.717, 1.165) is 43.6 Å². The van der Waals surface area contributed by atoms with Crippen molar-refractivity contribution in [1.82, 2.24) is 20.4 Å². The maximum atomic E-state index is 4.69. The van der Waals surface area contributed by atoms with Gasteiger partial charge >= 0.3 is 0 Å². The lowest BCUT2D eigenvalue weighted by Crippen LogP contribution is -2.42. The largest absolute Gasteiger partial charge is 0.357 e. The summed E-state index contributed by atoms with van der Waals surface area (Å²) in [5.74, 6) is 1.68. The van der Waals surface area contributed by atoms with E-state index in [2.05, 4.69) is 66.1 Å². The Balaban J connectivity index is 2.40. The standard InChI is InChI=1S/C18H35N5/c1-7-19-18(21-15(4)10-9-14(2)3)20-11-8-12-23-17(6)13-16(5)22-23/h13-15H,7-12H2,1-6H3,(H2,19,20,21). The zero-order valence-corrected chi connectivity index (χ0v) is 15.8. The highest BCUT2D eigenvalue weighted by molar-refractivity contribution is 5.79. The van der Waals surface area contributed by atoms with Crippen LogP contribution >= 0.6 is 0 Å². The van der Waals surface area contributed by atoms with Crippen LogP contribution in [0.4, 0.5) is 0 Å². The van der Waals surface area contributed by atoms with Crippen LogP contribution in [0, 0.1) is 19.8 Å². The highest BCUT2D eigenvalue weighted by Crippen LogP contribution is 2.06. The first kappa shape index (κ1) is 19.5. The molecular formula is C18H35N5. The normalized spacial score (nSPS) is 13.4. The van der Waals surface area contributed by atoms with Crippen molar-refractivity contribution in [1.29, 1.82) is 0 Å². The van der Waals surface area contributed by atoms with Gasteiger partial charge in [-0.25, -0.2) is 0 Å². The fourth-order valence-corrected chi connectivity index (χ4v) is 2.52. The minimum atomic E-state index is 0.450. The lowest BCUT2D eigenvalue weighted by Gasteiger charge is -2.18. The molecule has 0 bridgehead atoms. The van der Waals surface area contributed by atoms with Crippen molar-refractivity contribution in [3.05, 3.63) is 17.5 Å². The summed E-state index contributed by atoms with van der Waals surface area (Å²) in [7, 11) is 0. The number of nitrogens with one attached hydrogen (secondary N) is 2. The van der Waals surface area contributed by atoms with Gasteiger partial charge in [-0.1, -0.05) is 13.8 Å². The SMILES string of the molecule is CCNC(=NCCCn1nc(C)cc1C)NC(C)CCC(C)C. The first-order valence-electron chi connectivity index (χ1n) is 8.98. The third-order valence-electron chi connectivity index (χ3n) is 3.81. The summed E-state index contributed by atoms with van der Waals surface area (Å²) in [4.78, 5) is 4.69. The fourth-order valence-electron chi connectivity index (χ4n) is 2.52. The van der Waals surface area contributed by atoms with Crippen LogP contribution in [0.2, 0.25) is 0 Å². The van der Waals surface area contributed by atoms with Crippen LogP contribution < -0.4 is 10.6 Å². The maximum absolute atomic E-state index is 4.69. The van der Waals surface area contributed by atoms with Gasteiger partial charge in [-0.05, 0) is 58.9 Å². The topological polar surface area (TPSA) is 54.2 Å². The molecule has 0 saturated heterocycles. The van der Waals surface area contributed by atoms with E-state index in [4.69, 9.17) is 0 Å². The van der Waals surface area contributed by atoms with Gasteiger partial charge in [0.25, 0.3) is 0 Å². The van der Waals surface area contributed by atoms with E-state index < -0.39 is 0 Å². The predicted molar refractivity (Wildman–Crippen MR) is 99.0 cm³/mol. The van der Waals surface area contributed by atoms with Gasteiger partial charge in [-0.3, -0.25) is 9.67 Å². The second-order valence-corrected chi connectivity index (χ2v) is 6.78. The Morgan fingerprint density at radius 2 is 2.00 bits per heavy atom. The van der Waals surface area contributed by atoms with Gasteiger partial charge in [-0.2, -0.15) is 5.10 Å². The van der Waals surface area contributed by atoms with Crippen LogP contribution in [-0.4, -0.2) is 34.9 Å². The van der Waals surface area contributed by atoms with Crippen molar-refractivity contribution < 1.29 is 0 Å². The van der Waals surface area contributed by atoms with E-state index in [1.54, 1.807) is 0 Å². The summed E-state index contributed by atoms with van der Waals surface area (Å²) in [6, 6.07) is 2.57. The van der Waals surface area contributed by atoms with Gasteiger partial charge in [0.05, 0.1) is 5.69 Å². The molecule has 0 aromatic carbocycles. The van der Waals surface area contributed by atoms with Gasteiger partial charge in [0.2, 0.25) is 0 Å². The number of guanidine groups is 1. The second-order valence-electron chi connectivity index (χ2n) is 6.78. The average molecular weight is 322 g/mol. The van der Waals surface area contributed by atoms with Crippen LogP contribution in [0.5, 0.6) is 0 Å². The Hall–Kier alpha value is -1.52. The predicted octanol–water partition coefficient (Wildman–Crippen LogP) is 3.27. The molecule has 0 radical (unpaired) electrons. The molecule has 5 heteroatoms. The summed E-state index contributed by atoms with van der Waals surface area (Å²) in [5, 5.41) is 11.3. The molecule has 1 unspecified atom stereocenters. The first-order valence-corrected chi connectivity index (χ1v) is 8.98. The molecule has 1 heterocycles. The molecule has 0 aliphatic carbocycles. The van der Waals surface area contributed by atoms with Crippen molar-refractivity contribution in [2.24, 2.45) is 10.9 Å². The van der Waals surface area contributed by atoms with E-state index >= 15 is 0 Å². The number of nitrogens with zero attached hydrogens (tertiary/aromatic N) is 3. The summed E-state index contributed by atoms with van der Waals surface area (Å²) in [6.45, 7) is 15.6. The lowest BCUT2D eigenvalue weighted by atomic mass is 10.0. The number of aliphatic imine (C=N–C) groups is 1. The molecule has 0 amide bonds. The highest BCUT2D eigenvalue weighted by atomic mass is 15.3. The van der Waals surface area contributed by atoms with Gasteiger partial charge in [0.15, 0.2) is 5.96 Å². The first-order chi connectivity index (χ1) is 10.9. The molecule has 1 aromatic heterocycles. The van der Waals surface area contributed by atoms with Crippen LogP contribution in [0.25, 0.3) is 0 Å². The molecule has 0 aliphatic heterocycles. The van der Waals surface area contributed by atoms with Gasteiger partial charge < -0.3 is 10.6 Å². The van der Waals surface area contributed by atoms with E-state index in [1.807, 2.05) is 6.92 Å². The molecule has 1 aromatic rings. The van der Waals surface area contributed by atoms with Gasteiger partial charge in [0.1, 0.15) is 0 Å². The Kier molecular flexibility index (Phi) is 8.74.